The molecular formula is C34H60N2. The van der Waals surface area contributed by atoms with Gasteiger partial charge in [0.05, 0.1) is 0 Å². The molecule has 0 radical (unpaired) electrons. The average molecular weight is 497 g/mol. The first-order valence-corrected chi connectivity index (χ1v) is 14.8. The minimum atomic E-state index is 0.173. The predicted octanol–water partition coefficient (Wildman–Crippen LogP) is 9.22. The Labute approximate surface area is 225 Å². The highest BCUT2D eigenvalue weighted by molar-refractivity contribution is 5.20. The SMILES string of the molecule is C=C(C)CCC(NC(=C)CNC(C(=C)CC(C(=C)C)[C@@H]1[C@H](CC)C1(C)C)C1CCCCC1)C(C)(C)C. The van der Waals surface area contributed by atoms with Gasteiger partial charge in [0.2, 0.25) is 0 Å². The summed E-state index contributed by atoms with van der Waals surface area (Å²) in [5.41, 5.74) is 5.66. The van der Waals surface area contributed by atoms with Gasteiger partial charge in [-0.1, -0.05) is 104 Å². The van der Waals surface area contributed by atoms with Crippen molar-refractivity contribution < 1.29 is 0 Å². The van der Waals surface area contributed by atoms with Gasteiger partial charge in [0.1, 0.15) is 0 Å². The Kier molecular flexibility index (Phi) is 11.2. The van der Waals surface area contributed by atoms with Crippen LogP contribution in [0.5, 0.6) is 0 Å². The van der Waals surface area contributed by atoms with Gasteiger partial charge in [0, 0.05) is 24.3 Å². The van der Waals surface area contributed by atoms with E-state index in [-0.39, 0.29) is 5.41 Å². The quantitative estimate of drug-likeness (QED) is 0.221. The zero-order valence-corrected chi connectivity index (χ0v) is 25.4. The predicted molar refractivity (Wildman–Crippen MR) is 161 cm³/mol. The molecule has 36 heavy (non-hydrogen) atoms. The number of hydrogen-bond donors (Lipinski definition) is 2. The number of hydrogen-bond acceptors (Lipinski definition) is 2. The minimum absolute atomic E-state index is 0.173. The Hall–Kier alpha value is -1.28. The maximum absolute atomic E-state index is 4.72. The van der Waals surface area contributed by atoms with Gasteiger partial charge in [-0.2, -0.15) is 0 Å². The zero-order chi connectivity index (χ0) is 27.3. The van der Waals surface area contributed by atoms with E-state index in [1.165, 1.54) is 55.2 Å². The topological polar surface area (TPSA) is 24.1 Å². The van der Waals surface area contributed by atoms with Crippen LogP contribution in [0.2, 0.25) is 0 Å². The molecule has 2 saturated carbocycles. The summed E-state index contributed by atoms with van der Waals surface area (Å²) in [6, 6.07) is 0.742. The molecule has 206 valence electrons. The lowest BCUT2D eigenvalue weighted by Crippen LogP contribution is -2.45. The highest BCUT2D eigenvalue weighted by Gasteiger charge is 2.59. The minimum Gasteiger partial charge on any atom is -0.385 e. The Morgan fingerprint density at radius 3 is 2.08 bits per heavy atom. The lowest BCUT2D eigenvalue weighted by Gasteiger charge is -2.36. The van der Waals surface area contributed by atoms with E-state index in [1.807, 2.05) is 0 Å². The van der Waals surface area contributed by atoms with Crippen LogP contribution in [-0.2, 0) is 0 Å². The van der Waals surface area contributed by atoms with E-state index in [4.69, 9.17) is 6.58 Å². The Balaban J connectivity index is 2.09. The van der Waals surface area contributed by atoms with Crippen molar-refractivity contribution >= 4 is 0 Å². The molecule has 0 aromatic carbocycles. The highest BCUT2D eigenvalue weighted by Crippen LogP contribution is 2.65. The normalized spacial score (nSPS) is 24.4. The molecule has 0 saturated heterocycles. The van der Waals surface area contributed by atoms with Crippen molar-refractivity contribution in [3.05, 3.63) is 48.7 Å². The molecule has 3 unspecified atom stereocenters. The van der Waals surface area contributed by atoms with Crippen molar-refractivity contribution in [2.75, 3.05) is 6.54 Å². The first kappa shape index (κ1) is 30.9. The Morgan fingerprint density at radius 1 is 1.00 bits per heavy atom. The van der Waals surface area contributed by atoms with Crippen LogP contribution >= 0.6 is 0 Å². The molecule has 0 spiro atoms. The van der Waals surface area contributed by atoms with E-state index in [0.717, 1.165) is 43.3 Å². The van der Waals surface area contributed by atoms with Crippen molar-refractivity contribution in [2.24, 2.45) is 34.5 Å². The average Bonchev–Trinajstić information content (AvgIpc) is 3.34. The number of nitrogens with one attached hydrogen (secondary N) is 2. The maximum Gasteiger partial charge on any atom is 0.0353 e. The van der Waals surface area contributed by atoms with E-state index in [1.54, 1.807) is 0 Å². The summed E-state index contributed by atoms with van der Waals surface area (Å²) in [4.78, 5) is 0. The van der Waals surface area contributed by atoms with E-state index in [2.05, 4.69) is 85.8 Å². The third-order valence-electron chi connectivity index (χ3n) is 9.51. The van der Waals surface area contributed by atoms with Crippen molar-refractivity contribution in [3.63, 3.8) is 0 Å². The van der Waals surface area contributed by atoms with E-state index < -0.39 is 0 Å². The molecule has 2 aliphatic carbocycles. The van der Waals surface area contributed by atoms with Crippen LogP contribution in [0.25, 0.3) is 0 Å². The molecule has 2 fully saturated rings. The fourth-order valence-electron chi connectivity index (χ4n) is 7.14. The zero-order valence-electron chi connectivity index (χ0n) is 25.4. The second-order valence-corrected chi connectivity index (χ2v) is 14.1. The van der Waals surface area contributed by atoms with Crippen LogP contribution in [0.4, 0.5) is 0 Å². The fourth-order valence-corrected chi connectivity index (χ4v) is 7.14. The van der Waals surface area contributed by atoms with Crippen LogP contribution in [0, 0.1) is 34.5 Å². The van der Waals surface area contributed by atoms with Gasteiger partial charge in [-0.05, 0) is 80.5 Å². The van der Waals surface area contributed by atoms with Gasteiger partial charge in [0.25, 0.3) is 0 Å². The van der Waals surface area contributed by atoms with Crippen LogP contribution in [0.3, 0.4) is 0 Å². The molecule has 5 atom stereocenters. The van der Waals surface area contributed by atoms with Gasteiger partial charge in [-0.25, -0.2) is 0 Å². The van der Waals surface area contributed by atoms with E-state index in [0.29, 0.717) is 29.3 Å². The summed E-state index contributed by atoms with van der Waals surface area (Å²) in [7, 11) is 0. The summed E-state index contributed by atoms with van der Waals surface area (Å²) in [6.45, 7) is 37.1. The standard InChI is InChI=1S/C34H60N2/c1-13-29-31(34(29,11)12)28(24(4)5)21-25(6)32(27-17-15-14-16-18-27)35-22-26(7)36-30(33(8,9)10)20-19-23(2)3/h27-32,35-36H,2,4,6-7,13-22H2,1,3,5,8-12H3/t28?,29-,30?,31+,32?/m0/s1. The second-order valence-electron chi connectivity index (χ2n) is 14.1. The fraction of sp³-hybridized carbons (Fsp3) is 0.765. The molecule has 0 amide bonds. The molecule has 2 N–H and O–H groups in total. The van der Waals surface area contributed by atoms with Crippen LogP contribution < -0.4 is 10.6 Å². The maximum atomic E-state index is 4.72. The molecule has 2 aliphatic rings. The summed E-state index contributed by atoms with van der Waals surface area (Å²) in [5, 5.41) is 7.73. The molecule has 2 nitrogen and oxygen atoms in total. The summed E-state index contributed by atoms with van der Waals surface area (Å²) in [5.74, 6) is 2.77. The van der Waals surface area contributed by atoms with Crippen LogP contribution in [0.1, 0.15) is 113 Å². The lowest BCUT2D eigenvalue weighted by atomic mass is 9.77. The number of rotatable bonds is 15. The third-order valence-corrected chi connectivity index (χ3v) is 9.51. The molecule has 0 aromatic heterocycles. The third kappa shape index (κ3) is 8.37. The molecule has 2 heteroatoms. The molecule has 0 aromatic rings. The number of allylic oxidation sites excluding steroid dienone is 2. The Bertz CT molecular complexity index is 773. The van der Waals surface area contributed by atoms with Gasteiger partial charge in [0.15, 0.2) is 0 Å². The van der Waals surface area contributed by atoms with Crippen molar-refractivity contribution in [1.29, 1.82) is 0 Å². The molecular weight excluding hydrogens is 436 g/mol. The first-order chi connectivity index (χ1) is 16.7. The molecule has 0 bridgehead atoms. The largest absolute Gasteiger partial charge is 0.385 e. The lowest BCUT2D eigenvalue weighted by molar-refractivity contribution is 0.262. The van der Waals surface area contributed by atoms with E-state index in [9.17, 15) is 0 Å². The highest BCUT2D eigenvalue weighted by atomic mass is 15.0. The van der Waals surface area contributed by atoms with Crippen molar-refractivity contribution in [1.82, 2.24) is 10.6 Å². The van der Waals surface area contributed by atoms with Gasteiger partial charge >= 0.3 is 0 Å². The first-order valence-electron chi connectivity index (χ1n) is 14.8. The van der Waals surface area contributed by atoms with Gasteiger partial charge < -0.3 is 10.6 Å². The van der Waals surface area contributed by atoms with Crippen molar-refractivity contribution in [2.45, 2.75) is 125 Å². The molecule has 2 rings (SSSR count). The van der Waals surface area contributed by atoms with Crippen molar-refractivity contribution in [3.8, 4) is 0 Å². The van der Waals surface area contributed by atoms with E-state index >= 15 is 0 Å². The summed E-state index contributed by atoms with van der Waals surface area (Å²) < 4.78 is 0. The van der Waals surface area contributed by atoms with Gasteiger partial charge in [-0.15, -0.1) is 6.58 Å². The van der Waals surface area contributed by atoms with Crippen LogP contribution in [-0.4, -0.2) is 18.6 Å². The monoisotopic (exact) mass is 496 g/mol. The van der Waals surface area contributed by atoms with Crippen LogP contribution in [0.15, 0.2) is 48.7 Å². The summed E-state index contributed by atoms with van der Waals surface area (Å²) in [6.07, 6.45) is 11.2. The Morgan fingerprint density at radius 2 is 1.61 bits per heavy atom. The van der Waals surface area contributed by atoms with Gasteiger partial charge in [-0.3, -0.25) is 0 Å². The molecule has 0 heterocycles. The molecule has 0 aliphatic heterocycles. The summed E-state index contributed by atoms with van der Waals surface area (Å²) >= 11 is 0. The second kappa shape index (κ2) is 13.0. The smallest absolute Gasteiger partial charge is 0.0353 e.